The Hall–Kier alpha value is -3.11. The molecule has 0 bridgehead atoms. The van der Waals surface area contributed by atoms with Gasteiger partial charge in [-0.3, -0.25) is 20.4 Å². The fraction of sp³-hybridized carbons (Fsp3) is 0.364. The van der Waals surface area contributed by atoms with Crippen molar-refractivity contribution in [3.05, 3.63) is 54.1 Å². The van der Waals surface area contributed by atoms with Gasteiger partial charge in [0.25, 0.3) is 5.91 Å². The summed E-state index contributed by atoms with van der Waals surface area (Å²) < 4.78 is 37.5. The molecule has 174 valence electrons. The monoisotopic (exact) mass is 463 g/mol. The van der Waals surface area contributed by atoms with Gasteiger partial charge in [0.1, 0.15) is 0 Å². The number of hydrogen-bond acceptors (Lipinski definition) is 6. The van der Waals surface area contributed by atoms with E-state index in [0.29, 0.717) is 24.0 Å². The van der Waals surface area contributed by atoms with E-state index in [1.54, 1.807) is 30.3 Å². The molecule has 3 N–H and O–H groups in total. The fourth-order valence-electron chi connectivity index (χ4n) is 2.58. The number of sulfonamides is 1. The number of amides is 2. The predicted octanol–water partition coefficient (Wildman–Crippen LogP) is 2.25. The molecule has 9 nitrogen and oxygen atoms in total. The lowest BCUT2D eigenvalue weighted by Crippen LogP contribution is -2.42. The van der Waals surface area contributed by atoms with Gasteiger partial charge in [0.2, 0.25) is 15.9 Å². The van der Waals surface area contributed by atoms with Crippen molar-refractivity contribution >= 4 is 21.8 Å². The quantitative estimate of drug-likeness (QED) is 0.439. The number of carbonyl (C=O) groups excluding carboxylic acids is 2. The van der Waals surface area contributed by atoms with Crippen LogP contribution in [0.3, 0.4) is 0 Å². The lowest BCUT2D eigenvalue weighted by Gasteiger charge is -2.13. The van der Waals surface area contributed by atoms with Gasteiger partial charge in [-0.15, -0.1) is 0 Å². The van der Waals surface area contributed by atoms with E-state index in [1.165, 1.54) is 25.3 Å². The molecule has 0 heterocycles. The minimum Gasteiger partial charge on any atom is -0.493 e. The van der Waals surface area contributed by atoms with Crippen LogP contribution in [0.1, 0.15) is 37.0 Å². The van der Waals surface area contributed by atoms with Crippen LogP contribution in [-0.4, -0.2) is 40.5 Å². The molecule has 0 saturated heterocycles. The van der Waals surface area contributed by atoms with Crippen molar-refractivity contribution in [1.29, 1.82) is 0 Å². The van der Waals surface area contributed by atoms with E-state index in [-0.39, 0.29) is 23.4 Å². The molecule has 10 heteroatoms. The fourth-order valence-corrected chi connectivity index (χ4v) is 3.63. The summed E-state index contributed by atoms with van der Waals surface area (Å²) in [5.74, 6) is 0.343. The highest BCUT2D eigenvalue weighted by Crippen LogP contribution is 2.28. The lowest BCUT2D eigenvalue weighted by atomic mass is 10.1. The minimum atomic E-state index is -3.70. The highest BCUT2D eigenvalue weighted by Gasteiger charge is 2.15. The molecule has 0 spiro atoms. The SMILES string of the molecule is COc1cc(C(=O)NNC(=O)CCNS(=O)(=O)c2ccccc2)ccc1OCCC(C)C. The lowest BCUT2D eigenvalue weighted by molar-refractivity contribution is -0.121. The van der Waals surface area contributed by atoms with Gasteiger partial charge in [-0.2, -0.15) is 0 Å². The van der Waals surface area contributed by atoms with Gasteiger partial charge >= 0.3 is 0 Å². The van der Waals surface area contributed by atoms with E-state index in [0.717, 1.165) is 6.42 Å². The van der Waals surface area contributed by atoms with Crippen LogP contribution in [0.15, 0.2) is 53.4 Å². The van der Waals surface area contributed by atoms with Crippen LogP contribution >= 0.6 is 0 Å². The summed E-state index contributed by atoms with van der Waals surface area (Å²) >= 11 is 0. The van der Waals surface area contributed by atoms with Gasteiger partial charge in [0.05, 0.1) is 18.6 Å². The van der Waals surface area contributed by atoms with Crippen molar-refractivity contribution in [2.24, 2.45) is 5.92 Å². The van der Waals surface area contributed by atoms with Gasteiger partial charge in [0.15, 0.2) is 11.5 Å². The summed E-state index contributed by atoms with van der Waals surface area (Å²) in [5, 5.41) is 0. The van der Waals surface area contributed by atoms with Gasteiger partial charge in [-0.25, -0.2) is 13.1 Å². The van der Waals surface area contributed by atoms with Crippen molar-refractivity contribution < 1.29 is 27.5 Å². The topological polar surface area (TPSA) is 123 Å². The summed E-state index contributed by atoms with van der Waals surface area (Å²) in [5.41, 5.74) is 4.82. The van der Waals surface area contributed by atoms with Crippen LogP contribution in [0.25, 0.3) is 0 Å². The maximum atomic E-state index is 12.3. The first-order valence-corrected chi connectivity index (χ1v) is 11.7. The Morgan fingerprint density at radius 1 is 1.00 bits per heavy atom. The molecule has 2 amide bonds. The number of hydrogen-bond donors (Lipinski definition) is 3. The molecule has 2 aromatic carbocycles. The molecule has 0 unspecified atom stereocenters. The molecule has 0 saturated carbocycles. The number of ether oxygens (including phenoxy) is 2. The average molecular weight is 464 g/mol. The maximum Gasteiger partial charge on any atom is 0.269 e. The normalized spacial score (nSPS) is 11.1. The smallest absolute Gasteiger partial charge is 0.269 e. The number of nitrogens with one attached hydrogen (secondary N) is 3. The minimum absolute atomic E-state index is 0.110. The highest BCUT2D eigenvalue weighted by atomic mass is 32.2. The Labute approximate surface area is 188 Å². The van der Waals surface area contributed by atoms with Crippen molar-refractivity contribution in [2.45, 2.75) is 31.6 Å². The summed E-state index contributed by atoms with van der Waals surface area (Å²) in [7, 11) is -2.22. The number of benzene rings is 2. The molecular formula is C22H29N3O6S. The first-order valence-electron chi connectivity index (χ1n) is 10.2. The molecule has 0 atom stereocenters. The number of hydrazine groups is 1. The Morgan fingerprint density at radius 3 is 2.38 bits per heavy atom. The predicted molar refractivity (Wildman–Crippen MR) is 120 cm³/mol. The molecule has 0 aliphatic carbocycles. The van der Waals surface area contributed by atoms with E-state index in [1.807, 2.05) is 0 Å². The summed E-state index contributed by atoms with van der Waals surface area (Å²) in [4.78, 5) is 24.4. The third kappa shape index (κ3) is 7.86. The zero-order valence-corrected chi connectivity index (χ0v) is 19.2. The number of carbonyl (C=O) groups is 2. The Morgan fingerprint density at radius 2 is 1.72 bits per heavy atom. The summed E-state index contributed by atoms with van der Waals surface area (Å²) in [6.45, 7) is 4.61. The zero-order valence-electron chi connectivity index (χ0n) is 18.4. The molecular weight excluding hydrogens is 434 g/mol. The molecule has 0 aliphatic heterocycles. The van der Waals surface area contributed by atoms with Crippen molar-refractivity contribution in [2.75, 3.05) is 20.3 Å². The first kappa shape index (κ1) is 25.2. The van der Waals surface area contributed by atoms with Crippen LogP contribution < -0.4 is 25.0 Å². The van der Waals surface area contributed by atoms with Crippen molar-refractivity contribution in [1.82, 2.24) is 15.6 Å². The van der Waals surface area contributed by atoms with E-state index in [4.69, 9.17) is 9.47 Å². The van der Waals surface area contributed by atoms with Crippen LogP contribution in [0, 0.1) is 5.92 Å². The van der Waals surface area contributed by atoms with Gasteiger partial charge < -0.3 is 9.47 Å². The molecule has 0 aromatic heterocycles. The van der Waals surface area contributed by atoms with E-state index in [9.17, 15) is 18.0 Å². The Balaban J connectivity index is 1.82. The van der Waals surface area contributed by atoms with Crippen LogP contribution in [0.4, 0.5) is 0 Å². The molecule has 0 aliphatic rings. The third-order valence-electron chi connectivity index (χ3n) is 4.39. The molecule has 2 aromatic rings. The number of rotatable bonds is 11. The summed E-state index contributed by atoms with van der Waals surface area (Å²) in [6.07, 6.45) is 0.733. The van der Waals surface area contributed by atoms with Crippen LogP contribution in [-0.2, 0) is 14.8 Å². The zero-order chi connectivity index (χ0) is 23.6. The Bertz CT molecular complexity index is 1010. The first-order chi connectivity index (χ1) is 15.2. The largest absolute Gasteiger partial charge is 0.493 e. The van der Waals surface area contributed by atoms with E-state index < -0.39 is 21.8 Å². The Kier molecular flexibility index (Phi) is 9.48. The van der Waals surface area contributed by atoms with Crippen molar-refractivity contribution in [3.63, 3.8) is 0 Å². The van der Waals surface area contributed by atoms with Crippen LogP contribution in [0.2, 0.25) is 0 Å². The van der Waals surface area contributed by atoms with Gasteiger partial charge in [-0.05, 0) is 42.7 Å². The third-order valence-corrected chi connectivity index (χ3v) is 5.87. The molecule has 0 radical (unpaired) electrons. The standard InChI is InChI=1S/C22H29N3O6S/c1-16(2)12-14-31-19-10-9-17(15-20(19)30-3)22(27)25-24-21(26)11-13-23-32(28,29)18-7-5-4-6-8-18/h4-10,15-16,23H,11-14H2,1-3H3,(H,24,26)(H,25,27). The second-order valence-electron chi connectivity index (χ2n) is 7.36. The van der Waals surface area contributed by atoms with E-state index >= 15 is 0 Å². The molecule has 32 heavy (non-hydrogen) atoms. The number of methoxy groups -OCH3 is 1. The van der Waals surface area contributed by atoms with Gasteiger partial charge in [-0.1, -0.05) is 32.0 Å². The molecule has 0 fully saturated rings. The van der Waals surface area contributed by atoms with Gasteiger partial charge in [0, 0.05) is 18.5 Å². The second-order valence-corrected chi connectivity index (χ2v) is 9.13. The second kappa shape index (κ2) is 12.1. The average Bonchev–Trinajstić information content (AvgIpc) is 2.77. The van der Waals surface area contributed by atoms with Crippen LogP contribution in [0.5, 0.6) is 11.5 Å². The maximum absolute atomic E-state index is 12.3. The van der Waals surface area contributed by atoms with Crippen molar-refractivity contribution in [3.8, 4) is 11.5 Å². The molecule has 2 rings (SSSR count). The highest BCUT2D eigenvalue weighted by molar-refractivity contribution is 7.89. The summed E-state index contributed by atoms with van der Waals surface area (Å²) in [6, 6.07) is 12.5. The van der Waals surface area contributed by atoms with E-state index in [2.05, 4.69) is 29.4 Å².